The lowest BCUT2D eigenvalue weighted by Crippen LogP contribution is -2.00. The smallest absolute Gasteiger partial charge is 0.146 e. The van der Waals surface area contributed by atoms with Crippen LogP contribution in [0.5, 0.6) is 0 Å². The maximum absolute atomic E-state index is 12.9. The molecule has 0 saturated heterocycles. The van der Waals surface area contributed by atoms with Gasteiger partial charge in [-0.25, -0.2) is 4.39 Å². The van der Waals surface area contributed by atoms with Gasteiger partial charge in [0.25, 0.3) is 0 Å². The molecule has 0 unspecified atom stereocenters. The summed E-state index contributed by atoms with van der Waals surface area (Å²) in [5.41, 5.74) is 7.76. The second kappa shape index (κ2) is 2.93. The van der Waals surface area contributed by atoms with Gasteiger partial charge in [-0.2, -0.15) is 0 Å². The van der Waals surface area contributed by atoms with Crippen LogP contribution in [0.25, 0.3) is 5.57 Å². The van der Waals surface area contributed by atoms with E-state index >= 15 is 0 Å². The first kappa shape index (κ1) is 8.71. The number of nitrogens with zero attached hydrogens (tertiary/aromatic N) is 1. The van der Waals surface area contributed by atoms with Crippen molar-refractivity contribution in [2.24, 2.45) is 0 Å². The minimum Gasteiger partial charge on any atom is -0.397 e. The molecule has 0 aromatic carbocycles. The number of hydrogen-bond donors (Lipinski definition) is 1. The van der Waals surface area contributed by atoms with Crippen LogP contribution in [0.2, 0.25) is 0 Å². The van der Waals surface area contributed by atoms with Crippen molar-refractivity contribution in [2.45, 2.75) is 13.8 Å². The van der Waals surface area contributed by atoms with Crippen molar-refractivity contribution < 1.29 is 4.39 Å². The minimum absolute atomic E-state index is 0.377. The highest BCUT2D eigenvalue weighted by molar-refractivity contribution is 5.71. The highest BCUT2D eigenvalue weighted by Crippen LogP contribution is 2.22. The van der Waals surface area contributed by atoms with Crippen LogP contribution < -0.4 is 5.73 Å². The third kappa shape index (κ3) is 1.30. The molecule has 1 rings (SSSR count). The zero-order chi connectivity index (χ0) is 9.30. The van der Waals surface area contributed by atoms with Crippen LogP contribution in [-0.2, 0) is 0 Å². The SMILES string of the molecule is C=C(C)c1ncc(F)c(C)c1N. The summed E-state index contributed by atoms with van der Waals surface area (Å²) < 4.78 is 12.9. The first-order valence-corrected chi connectivity index (χ1v) is 3.60. The van der Waals surface area contributed by atoms with Gasteiger partial charge in [0.1, 0.15) is 5.82 Å². The molecule has 1 aromatic rings. The van der Waals surface area contributed by atoms with Gasteiger partial charge >= 0.3 is 0 Å². The summed E-state index contributed by atoms with van der Waals surface area (Å²) in [5.74, 6) is -0.377. The Labute approximate surface area is 70.9 Å². The molecule has 1 aromatic heterocycles. The summed E-state index contributed by atoms with van der Waals surface area (Å²) in [5, 5.41) is 0. The number of nitrogen functional groups attached to an aromatic ring is 1. The maximum Gasteiger partial charge on any atom is 0.146 e. The quantitative estimate of drug-likeness (QED) is 0.694. The molecule has 0 spiro atoms. The summed E-state index contributed by atoms with van der Waals surface area (Å²) >= 11 is 0. The highest BCUT2D eigenvalue weighted by Gasteiger charge is 2.07. The molecule has 0 aliphatic rings. The maximum atomic E-state index is 12.9. The molecule has 3 heteroatoms. The van der Waals surface area contributed by atoms with Crippen molar-refractivity contribution in [1.29, 1.82) is 0 Å². The Morgan fingerprint density at radius 1 is 1.67 bits per heavy atom. The predicted molar refractivity (Wildman–Crippen MR) is 48.1 cm³/mol. The summed E-state index contributed by atoms with van der Waals surface area (Å²) in [7, 11) is 0. The molecular weight excluding hydrogens is 155 g/mol. The Morgan fingerprint density at radius 2 is 2.25 bits per heavy atom. The standard InChI is InChI=1S/C9H11FN2/c1-5(2)9-8(11)6(3)7(10)4-12-9/h4H,1,11H2,2-3H3. The average molecular weight is 166 g/mol. The number of rotatable bonds is 1. The molecule has 64 valence electrons. The molecule has 1 heterocycles. The van der Waals surface area contributed by atoms with Gasteiger partial charge in [-0.1, -0.05) is 6.58 Å². The number of halogens is 1. The second-order valence-corrected chi connectivity index (χ2v) is 2.77. The fraction of sp³-hybridized carbons (Fsp3) is 0.222. The molecule has 2 nitrogen and oxygen atoms in total. The summed E-state index contributed by atoms with van der Waals surface area (Å²) in [6.07, 6.45) is 1.16. The summed E-state index contributed by atoms with van der Waals surface area (Å²) in [6.45, 7) is 7.10. The Hall–Kier alpha value is -1.38. The molecule has 0 atom stereocenters. The van der Waals surface area contributed by atoms with Gasteiger partial charge in [-0.3, -0.25) is 4.98 Å². The molecular formula is C9H11FN2. The van der Waals surface area contributed by atoms with Crippen LogP contribution in [0.4, 0.5) is 10.1 Å². The molecule has 0 saturated carbocycles. The molecule has 2 N–H and O–H groups in total. The molecule has 0 bridgehead atoms. The molecule has 0 radical (unpaired) electrons. The van der Waals surface area contributed by atoms with E-state index in [2.05, 4.69) is 11.6 Å². The lowest BCUT2D eigenvalue weighted by atomic mass is 10.1. The fourth-order valence-electron chi connectivity index (χ4n) is 0.934. The van der Waals surface area contributed by atoms with Crippen LogP contribution in [-0.4, -0.2) is 4.98 Å². The van der Waals surface area contributed by atoms with Crippen LogP contribution in [0, 0.1) is 12.7 Å². The summed E-state index contributed by atoms with van der Waals surface area (Å²) in [6, 6.07) is 0. The van der Waals surface area contributed by atoms with Gasteiger partial charge in [0.2, 0.25) is 0 Å². The normalized spacial score (nSPS) is 9.92. The van der Waals surface area contributed by atoms with E-state index in [0.29, 0.717) is 16.9 Å². The molecule has 12 heavy (non-hydrogen) atoms. The third-order valence-electron chi connectivity index (χ3n) is 1.73. The Kier molecular flexibility index (Phi) is 2.13. The van der Waals surface area contributed by atoms with E-state index < -0.39 is 0 Å². The van der Waals surface area contributed by atoms with Crippen LogP contribution in [0.15, 0.2) is 12.8 Å². The van der Waals surface area contributed by atoms with Crippen LogP contribution >= 0.6 is 0 Å². The average Bonchev–Trinajstić information content (AvgIpc) is 2.00. The van der Waals surface area contributed by atoms with Gasteiger partial charge in [-0.05, 0) is 19.4 Å². The van der Waals surface area contributed by atoms with Gasteiger partial charge in [0.05, 0.1) is 17.6 Å². The van der Waals surface area contributed by atoms with Gasteiger partial charge in [0, 0.05) is 5.56 Å². The lowest BCUT2D eigenvalue weighted by molar-refractivity contribution is 0.612. The van der Waals surface area contributed by atoms with Crippen molar-refractivity contribution in [3.05, 3.63) is 29.9 Å². The number of hydrogen-bond acceptors (Lipinski definition) is 2. The molecule has 0 aliphatic heterocycles. The van der Waals surface area contributed by atoms with Crippen molar-refractivity contribution in [3.8, 4) is 0 Å². The Morgan fingerprint density at radius 3 is 2.75 bits per heavy atom. The van der Waals surface area contributed by atoms with E-state index in [1.165, 1.54) is 0 Å². The minimum atomic E-state index is -0.377. The largest absolute Gasteiger partial charge is 0.397 e. The Bertz CT molecular complexity index is 332. The van der Waals surface area contributed by atoms with Crippen LogP contribution in [0.1, 0.15) is 18.2 Å². The van der Waals surface area contributed by atoms with Crippen molar-refractivity contribution in [3.63, 3.8) is 0 Å². The van der Waals surface area contributed by atoms with Gasteiger partial charge < -0.3 is 5.73 Å². The van der Waals surface area contributed by atoms with E-state index in [-0.39, 0.29) is 5.82 Å². The van der Waals surface area contributed by atoms with Gasteiger partial charge in [-0.15, -0.1) is 0 Å². The first-order valence-electron chi connectivity index (χ1n) is 3.60. The van der Waals surface area contributed by atoms with E-state index in [4.69, 9.17) is 5.73 Å². The Balaban J connectivity index is 3.36. The topological polar surface area (TPSA) is 38.9 Å². The van der Waals surface area contributed by atoms with Crippen molar-refractivity contribution in [1.82, 2.24) is 4.98 Å². The predicted octanol–water partition coefficient (Wildman–Crippen LogP) is 2.14. The number of nitrogens with two attached hydrogens (primary N) is 1. The van der Waals surface area contributed by atoms with Gasteiger partial charge in [0.15, 0.2) is 0 Å². The summed E-state index contributed by atoms with van der Waals surface area (Å²) in [4.78, 5) is 3.84. The lowest BCUT2D eigenvalue weighted by Gasteiger charge is -2.06. The fourth-order valence-corrected chi connectivity index (χ4v) is 0.934. The highest BCUT2D eigenvalue weighted by atomic mass is 19.1. The second-order valence-electron chi connectivity index (χ2n) is 2.77. The van der Waals surface area contributed by atoms with E-state index in [1.54, 1.807) is 13.8 Å². The molecule has 0 aliphatic carbocycles. The number of anilines is 1. The first-order chi connectivity index (χ1) is 5.54. The zero-order valence-corrected chi connectivity index (χ0v) is 7.19. The van der Waals surface area contributed by atoms with Crippen molar-refractivity contribution >= 4 is 11.3 Å². The molecule has 0 fully saturated rings. The monoisotopic (exact) mass is 166 g/mol. The molecule has 0 amide bonds. The van der Waals surface area contributed by atoms with Crippen LogP contribution in [0.3, 0.4) is 0 Å². The number of aromatic nitrogens is 1. The van der Waals surface area contributed by atoms with E-state index in [0.717, 1.165) is 11.8 Å². The van der Waals surface area contributed by atoms with Crippen molar-refractivity contribution in [2.75, 3.05) is 5.73 Å². The van der Waals surface area contributed by atoms with E-state index in [9.17, 15) is 4.39 Å². The zero-order valence-electron chi connectivity index (χ0n) is 7.19. The number of allylic oxidation sites excluding steroid dienone is 1. The number of pyridine rings is 1. The van der Waals surface area contributed by atoms with E-state index in [1.807, 2.05) is 0 Å². The third-order valence-corrected chi connectivity index (χ3v) is 1.73.